The molecule has 1 rings (SSSR count). The molecule has 0 bridgehead atoms. The summed E-state index contributed by atoms with van der Waals surface area (Å²) in [6.07, 6.45) is 10.6. The summed E-state index contributed by atoms with van der Waals surface area (Å²) in [4.78, 5) is 0. The molecule has 130 valence electrons. The van der Waals surface area contributed by atoms with Gasteiger partial charge in [0.25, 0.3) is 0 Å². The molecule has 2 N–H and O–H groups in total. The van der Waals surface area contributed by atoms with Crippen LogP contribution in [0, 0.1) is 6.92 Å². The van der Waals surface area contributed by atoms with Gasteiger partial charge >= 0.3 is 0 Å². The maximum atomic E-state index is 5.36. The summed E-state index contributed by atoms with van der Waals surface area (Å²) in [5.74, 6) is 0.812. The van der Waals surface area contributed by atoms with Crippen LogP contribution in [0.1, 0.15) is 63.9 Å². The Bertz CT molecular complexity index is 463. The Hall–Kier alpha value is -1.29. The molecule has 3 nitrogen and oxygen atoms in total. The molecule has 0 fully saturated rings. The molecule has 1 aromatic carbocycles. The number of ether oxygens (including phenoxy) is 1. The van der Waals surface area contributed by atoms with Gasteiger partial charge in [0.2, 0.25) is 0 Å². The molecule has 0 aliphatic heterocycles. The highest BCUT2D eigenvalue weighted by Gasteiger charge is 2.04. The number of hydrogen-bond donors (Lipinski definition) is 2. The van der Waals surface area contributed by atoms with Crippen molar-refractivity contribution in [3.05, 3.63) is 23.8 Å². The summed E-state index contributed by atoms with van der Waals surface area (Å²) in [6, 6.07) is 6.03. The molecule has 0 aliphatic rings. The molecule has 23 heavy (non-hydrogen) atoms. The third kappa shape index (κ3) is 8.80. The van der Waals surface area contributed by atoms with Crippen molar-refractivity contribution in [2.75, 3.05) is 19.0 Å². The van der Waals surface area contributed by atoms with Crippen molar-refractivity contribution in [2.24, 2.45) is 0 Å². The fourth-order valence-corrected chi connectivity index (χ4v) is 2.76. The highest BCUT2D eigenvalue weighted by atomic mass is 32.1. The minimum atomic E-state index is 0.664. The Morgan fingerprint density at radius 1 is 1.04 bits per heavy atom. The molecule has 0 atom stereocenters. The number of nitrogens with one attached hydrogen (secondary N) is 2. The number of hydrogen-bond acceptors (Lipinski definition) is 2. The molecule has 4 heteroatoms. The van der Waals surface area contributed by atoms with Crippen molar-refractivity contribution in [3.63, 3.8) is 0 Å². The fourth-order valence-electron chi connectivity index (χ4n) is 2.55. The van der Waals surface area contributed by atoms with Crippen molar-refractivity contribution in [1.29, 1.82) is 0 Å². The number of unbranched alkanes of at least 4 members (excludes halogenated alkanes) is 7. The monoisotopic (exact) mass is 336 g/mol. The summed E-state index contributed by atoms with van der Waals surface area (Å²) < 4.78 is 5.35. The molecular formula is C19H32N2OS. The van der Waals surface area contributed by atoms with Crippen LogP contribution in [-0.4, -0.2) is 18.8 Å². The van der Waals surface area contributed by atoms with E-state index in [1.54, 1.807) is 7.11 Å². The Morgan fingerprint density at radius 2 is 1.70 bits per heavy atom. The second kappa shape index (κ2) is 12.2. The zero-order valence-corrected chi connectivity index (χ0v) is 15.7. The molecule has 0 aliphatic carbocycles. The maximum Gasteiger partial charge on any atom is 0.170 e. The minimum Gasteiger partial charge on any atom is -0.495 e. The van der Waals surface area contributed by atoms with Gasteiger partial charge in [-0.1, -0.05) is 57.9 Å². The van der Waals surface area contributed by atoms with E-state index < -0.39 is 0 Å². The van der Waals surface area contributed by atoms with E-state index in [1.165, 1.54) is 56.9 Å². The largest absolute Gasteiger partial charge is 0.495 e. The Kier molecular flexibility index (Phi) is 10.5. The lowest BCUT2D eigenvalue weighted by Crippen LogP contribution is -2.29. The third-order valence-electron chi connectivity index (χ3n) is 3.92. The van der Waals surface area contributed by atoms with E-state index in [4.69, 9.17) is 17.0 Å². The van der Waals surface area contributed by atoms with E-state index in [0.29, 0.717) is 5.11 Å². The van der Waals surface area contributed by atoms with Gasteiger partial charge in [-0.2, -0.15) is 0 Å². The lowest BCUT2D eigenvalue weighted by molar-refractivity contribution is 0.417. The summed E-state index contributed by atoms with van der Waals surface area (Å²) in [5, 5.41) is 7.16. The number of thiocarbonyl (C=S) groups is 1. The summed E-state index contributed by atoms with van der Waals surface area (Å²) in [6.45, 7) is 5.24. The fraction of sp³-hybridized carbons (Fsp3) is 0.632. The van der Waals surface area contributed by atoms with Crippen LogP contribution >= 0.6 is 12.2 Å². The topological polar surface area (TPSA) is 33.3 Å². The molecule has 0 saturated carbocycles. The van der Waals surface area contributed by atoms with Crippen molar-refractivity contribution in [3.8, 4) is 5.75 Å². The average molecular weight is 337 g/mol. The van der Waals surface area contributed by atoms with E-state index in [1.807, 2.05) is 18.2 Å². The van der Waals surface area contributed by atoms with E-state index >= 15 is 0 Å². The van der Waals surface area contributed by atoms with Gasteiger partial charge in [0.05, 0.1) is 12.8 Å². The van der Waals surface area contributed by atoms with Gasteiger partial charge in [-0.05, 0) is 43.3 Å². The van der Waals surface area contributed by atoms with Gasteiger partial charge < -0.3 is 15.4 Å². The first-order valence-corrected chi connectivity index (χ1v) is 9.27. The van der Waals surface area contributed by atoms with Crippen molar-refractivity contribution in [1.82, 2.24) is 5.32 Å². The van der Waals surface area contributed by atoms with Crippen LogP contribution in [0.4, 0.5) is 5.69 Å². The van der Waals surface area contributed by atoms with E-state index in [2.05, 4.69) is 24.5 Å². The van der Waals surface area contributed by atoms with Crippen LogP contribution in [0.15, 0.2) is 18.2 Å². The van der Waals surface area contributed by atoms with E-state index in [0.717, 1.165) is 18.0 Å². The molecule has 0 unspecified atom stereocenters. The number of anilines is 1. The highest BCUT2D eigenvalue weighted by molar-refractivity contribution is 7.80. The van der Waals surface area contributed by atoms with Crippen LogP contribution in [0.2, 0.25) is 0 Å². The standard InChI is InChI=1S/C19H32N2OS/c1-4-5-6-7-8-9-10-11-14-20-19(23)21-17-15-16(2)12-13-18(17)22-3/h12-13,15H,4-11,14H2,1-3H3,(H2,20,21,23). The highest BCUT2D eigenvalue weighted by Crippen LogP contribution is 2.24. The smallest absolute Gasteiger partial charge is 0.170 e. The van der Waals surface area contributed by atoms with Gasteiger partial charge in [-0.3, -0.25) is 0 Å². The second-order valence-electron chi connectivity index (χ2n) is 6.06. The van der Waals surface area contributed by atoms with Gasteiger partial charge in [0.15, 0.2) is 5.11 Å². The number of methoxy groups -OCH3 is 1. The van der Waals surface area contributed by atoms with Crippen molar-refractivity contribution >= 4 is 23.0 Å². The molecule has 0 spiro atoms. The normalized spacial score (nSPS) is 10.4. The average Bonchev–Trinajstić information content (AvgIpc) is 2.53. The first kappa shape index (κ1) is 19.8. The summed E-state index contributed by atoms with van der Waals surface area (Å²) >= 11 is 5.36. The number of aryl methyl sites for hydroxylation is 1. The van der Waals surface area contributed by atoms with Crippen LogP contribution < -0.4 is 15.4 Å². The third-order valence-corrected chi connectivity index (χ3v) is 4.17. The van der Waals surface area contributed by atoms with Crippen LogP contribution in [0.5, 0.6) is 5.75 Å². The lowest BCUT2D eigenvalue weighted by Gasteiger charge is -2.14. The molecular weight excluding hydrogens is 304 g/mol. The van der Waals surface area contributed by atoms with E-state index in [9.17, 15) is 0 Å². The minimum absolute atomic E-state index is 0.664. The van der Waals surface area contributed by atoms with Gasteiger partial charge in [0, 0.05) is 6.54 Å². The first-order chi connectivity index (χ1) is 11.2. The van der Waals surface area contributed by atoms with Crippen LogP contribution in [0.25, 0.3) is 0 Å². The molecule has 0 saturated heterocycles. The summed E-state index contributed by atoms with van der Waals surface area (Å²) in [5.41, 5.74) is 2.10. The SMILES string of the molecule is CCCCCCCCCCNC(=S)Nc1cc(C)ccc1OC. The second-order valence-corrected chi connectivity index (χ2v) is 6.47. The molecule has 0 radical (unpaired) electrons. The van der Waals surface area contributed by atoms with E-state index in [-0.39, 0.29) is 0 Å². The lowest BCUT2D eigenvalue weighted by atomic mass is 10.1. The maximum absolute atomic E-state index is 5.36. The predicted octanol–water partition coefficient (Wildman–Crippen LogP) is 5.43. The molecule has 0 heterocycles. The Labute approximate surface area is 147 Å². The molecule has 0 aromatic heterocycles. The molecule has 1 aromatic rings. The molecule has 0 amide bonds. The van der Waals surface area contributed by atoms with Crippen LogP contribution in [-0.2, 0) is 0 Å². The van der Waals surface area contributed by atoms with Crippen molar-refractivity contribution in [2.45, 2.75) is 65.2 Å². The quantitative estimate of drug-likeness (QED) is 0.417. The predicted molar refractivity (Wildman–Crippen MR) is 105 cm³/mol. The first-order valence-electron chi connectivity index (χ1n) is 8.87. The van der Waals surface area contributed by atoms with Crippen LogP contribution in [0.3, 0.4) is 0 Å². The Balaban J connectivity index is 2.14. The summed E-state index contributed by atoms with van der Waals surface area (Å²) in [7, 11) is 1.67. The van der Waals surface area contributed by atoms with Gasteiger partial charge in [-0.25, -0.2) is 0 Å². The number of benzene rings is 1. The van der Waals surface area contributed by atoms with Gasteiger partial charge in [-0.15, -0.1) is 0 Å². The van der Waals surface area contributed by atoms with Crippen molar-refractivity contribution < 1.29 is 4.74 Å². The zero-order chi connectivity index (χ0) is 16.9. The van der Waals surface area contributed by atoms with Gasteiger partial charge in [0.1, 0.15) is 5.75 Å². The zero-order valence-electron chi connectivity index (χ0n) is 14.9. The number of rotatable bonds is 11. The Morgan fingerprint density at radius 3 is 2.35 bits per heavy atom.